The van der Waals surface area contributed by atoms with Gasteiger partial charge in [-0.1, -0.05) is 29.8 Å². The fourth-order valence-corrected chi connectivity index (χ4v) is 6.00. The number of aromatic hydroxyl groups is 1. The highest BCUT2D eigenvalue weighted by molar-refractivity contribution is 6.07. The third-order valence-corrected chi connectivity index (χ3v) is 7.36. The first-order valence-corrected chi connectivity index (χ1v) is 9.93. The first kappa shape index (κ1) is 18.1. The van der Waals surface area contributed by atoms with Gasteiger partial charge in [0, 0.05) is 25.6 Å². The predicted molar refractivity (Wildman–Crippen MR) is 101 cm³/mol. The van der Waals surface area contributed by atoms with Gasteiger partial charge in [-0.25, -0.2) is 0 Å². The van der Waals surface area contributed by atoms with Crippen LogP contribution < -0.4 is 0 Å². The lowest BCUT2D eigenvalue weighted by Gasteiger charge is -2.44. The Bertz CT molecular complexity index is 999. The number of para-hydroxylation sites is 1. The van der Waals surface area contributed by atoms with Crippen molar-refractivity contribution in [2.75, 3.05) is 14.1 Å². The molecule has 0 aromatic heterocycles. The maximum absolute atomic E-state index is 13.0. The molecule has 0 radical (unpaired) electrons. The number of fused-ring (bicyclic) bond motifs is 4. The number of carbonyl (C=O) groups is 4. The first-order chi connectivity index (χ1) is 13.8. The van der Waals surface area contributed by atoms with Gasteiger partial charge in [0.1, 0.15) is 5.75 Å². The number of rotatable bonds is 1. The topological polar surface area (TPSA) is 95.0 Å². The molecule has 2 aliphatic heterocycles. The fourth-order valence-electron chi connectivity index (χ4n) is 6.00. The SMILES string of the molecule is CN1C(=O)C2CC=C3C(CC4C(=O)N(C)C(=O)C4C3c3ccccc3O)C2C1=O. The zero-order chi connectivity index (χ0) is 20.6. The molecule has 4 amide bonds. The van der Waals surface area contributed by atoms with E-state index in [0.29, 0.717) is 18.4 Å². The number of likely N-dealkylation sites (tertiary alicyclic amines) is 2. The van der Waals surface area contributed by atoms with Crippen molar-refractivity contribution >= 4 is 23.6 Å². The molecule has 2 heterocycles. The quantitative estimate of drug-likeness (QED) is 0.572. The Labute approximate surface area is 168 Å². The summed E-state index contributed by atoms with van der Waals surface area (Å²) in [6.07, 6.45) is 2.79. The number of hydrogen-bond donors (Lipinski definition) is 1. The molecule has 29 heavy (non-hydrogen) atoms. The largest absolute Gasteiger partial charge is 0.508 e. The fraction of sp³-hybridized carbons (Fsp3) is 0.455. The lowest BCUT2D eigenvalue weighted by molar-refractivity contribution is -0.140. The number of carbonyl (C=O) groups excluding carboxylic acids is 4. The Morgan fingerprint density at radius 1 is 0.828 bits per heavy atom. The van der Waals surface area contributed by atoms with E-state index in [9.17, 15) is 24.3 Å². The van der Waals surface area contributed by atoms with Crippen molar-refractivity contribution in [2.24, 2.45) is 29.6 Å². The van der Waals surface area contributed by atoms with Crippen molar-refractivity contribution in [3.05, 3.63) is 41.5 Å². The van der Waals surface area contributed by atoms with Crippen molar-refractivity contribution in [3.8, 4) is 5.75 Å². The molecule has 3 fully saturated rings. The molecule has 150 valence electrons. The number of hydrogen-bond acceptors (Lipinski definition) is 5. The highest BCUT2D eigenvalue weighted by Crippen LogP contribution is 2.58. The lowest BCUT2D eigenvalue weighted by atomic mass is 9.57. The van der Waals surface area contributed by atoms with Crippen LogP contribution in [0.3, 0.4) is 0 Å². The number of benzene rings is 1. The van der Waals surface area contributed by atoms with Crippen molar-refractivity contribution < 1.29 is 24.3 Å². The summed E-state index contributed by atoms with van der Waals surface area (Å²) in [6, 6.07) is 6.85. The Hall–Kier alpha value is -2.96. The van der Waals surface area contributed by atoms with Gasteiger partial charge in [-0.2, -0.15) is 0 Å². The molecule has 2 saturated heterocycles. The third-order valence-electron chi connectivity index (χ3n) is 7.36. The van der Waals surface area contributed by atoms with Gasteiger partial charge in [-0.15, -0.1) is 0 Å². The molecule has 0 spiro atoms. The second-order valence-electron chi connectivity index (χ2n) is 8.55. The minimum atomic E-state index is -0.593. The number of phenols is 1. The van der Waals surface area contributed by atoms with Gasteiger partial charge < -0.3 is 5.11 Å². The molecular weight excluding hydrogens is 372 g/mol. The van der Waals surface area contributed by atoms with E-state index < -0.39 is 29.6 Å². The maximum atomic E-state index is 13.0. The number of amides is 4. The zero-order valence-electron chi connectivity index (χ0n) is 16.2. The van der Waals surface area contributed by atoms with Crippen LogP contribution in [0.4, 0.5) is 0 Å². The van der Waals surface area contributed by atoms with Gasteiger partial charge in [-0.05, 0) is 24.8 Å². The molecule has 1 aromatic rings. The van der Waals surface area contributed by atoms with Gasteiger partial charge in [0.25, 0.3) is 0 Å². The molecule has 1 aromatic carbocycles. The van der Waals surface area contributed by atoms with E-state index in [4.69, 9.17) is 0 Å². The molecular formula is C22H22N2O5. The maximum Gasteiger partial charge on any atom is 0.233 e. The highest BCUT2D eigenvalue weighted by atomic mass is 16.3. The summed E-state index contributed by atoms with van der Waals surface area (Å²) in [5, 5.41) is 10.5. The molecule has 6 unspecified atom stereocenters. The lowest BCUT2D eigenvalue weighted by Crippen LogP contribution is -2.42. The van der Waals surface area contributed by atoms with Crippen LogP contribution in [-0.4, -0.2) is 52.6 Å². The Balaban J connectivity index is 1.68. The molecule has 0 bridgehead atoms. The number of imide groups is 2. The minimum absolute atomic E-state index is 0.0701. The second-order valence-corrected chi connectivity index (χ2v) is 8.55. The van der Waals surface area contributed by atoms with Gasteiger partial charge in [0.05, 0.1) is 23.7 Å². The average molecular weight is 394 g/mol. The summed E-state index contributed by atoms with van der Waals surface area (Å²) in [5.41, 5.74) is 1.50. The van der Waals surface area contributed by atoms with Crippen LogP contribution in [0.15, 0.2) is 35.9 Å². The number of allylic oxidation sites excluding steroid dienone is 2. The Kier molecular flexibility index (Phi) is 3.75. The van der Waals surface area contributed by atoms with Crippen molar-refractivity contribution in [1.29, 1.82) is 0 Å². The van der Waals surface area contributed by atoms with Gasteiger partial charge >= 0.3 is 0 Å². The molecule has 7 heteroatoms. The molecule has 2 aliphatic carbocycles. The third kappa shape index (κ3) is 2.24. The smallest absolute Gasteiger partial charge is 0.233 e. The molecule has 7 nitrogen and oxygen atoms in total. The van der Waals surface area contributed by atoms with Gasteiger partial charge in [0.2, 0.25) is 23.6 Å². The normalized spacial score (nSPS) is 36.1. The van der Waals surface area contributed by atoms with E-state index in [2.05, 4.69) is 0 Å². The van der Waals surface area contributed by atoms with Crippen LogP contribution in [0.2, 0.25) is 0 Å². The standard InChI is InChI=1S/C22H22N2O5/c1-23-19(26)12-8-7-10-13(17(12)21(23)28)9-14-18(22(29)24(2)20(14)27)16(10)11-5-3-4-6-15(11)25/h3-7,12-14,16-18,25H,8-9H2,1-2H3. The van der Waals surface area contributed by atoms with Crippen LogP contribution in [0.25, 0.3) is 0 Å². The van der Waals surface area contributed by atoms with Gasteiger partial charge in [-0.3, -0.25) is 29.0 Å². The van der Waals surface area contributed by atoms with E-state index in [1.165, 1.54) is 23.9 Å². The monoisotopic (exact) mass is 394 g/mol. The van der Waals surface area contributed by atoms with Crippen molar-refractivity contribution in [3.63, 3.8) is 0 Å². The van der Waals surface area contributed by atoms with Crippen molar-refractivity contribution in [2.45, 2.75) is 18.8 Å². The summed E-state index contributed by atoms with van der Waals surface area (Å²) < 4.78 is 0. The Morgan fingerprint density at radius 3 is 2.14 bits per heavy atom. The first-order valence-electron chi connectivity index (χ1n) is 9.93. The molecule has 4 aliphatic rings. The molecule has 1 saturated carbocycles. The number of phenolic OH excluding ortho intramolecular Hbond substituents is 1. The predicted octanol–water partition coefficient (Wildman–Crippen LogP) is 1.29. The molecule has 5 rings (SSSR count). The minimum Gasteiger partial charge on any atom is -0.508 e. The van der Waals surface area contributed by atoms with Crippen LogP contribution in [0.1, 0.15) is 24.3 Å². The molecule has 6 atom stereocenters. The summed E-state index contributed by atoms with van der Waals surface area (Å²) in [7, 11) is 3.00. The Morgan fingerprint density at radius 2 is 1.45 bits per heavy atom. The van der Waals surface area contributed by atoms with E-state index in [1.54, 1.807) is 24.3 Å². The van der Waals surface area contributed by atoms with Crippen LogP contribution in [-0.2, 0) is 19.2 Å². The van der Waals surface area contributed by atoms with E-state index in [1.807, 2.05) is 6.08 Å². The van der Waals surface area contributed by atoms with E-state index in [-0.39, 0.29) is 35.3 Å². The summed E-state index contributed by atoms with van der Waals surface area (Å²) in [5.74, 6) is -3.63. The average Bonchev–Trinajstić information content (AvgIpc) is 3.07. The summed E-state index contributed by atoms with van der Waals surface area (Å²) in [6.45, 7) is 0. The summed E-state index contributed by atoms with van der Waals surface area (Å²) >= 11 is 0. The van der Waals surface area contributed by atoms with Gasteiger partial charge in [0.15, 0.2) is 0 Å². The summed E-state index contributed by atoms with van der Waals surface area (Å²) in [4.78, 5) is 53.6. The second kappa shape index (κ2) is 6.02. The molecule has 1 N–H and O–H groups in total. The van der Waals surface area contributed by atoms with E-state index >= 15 is 0 Å². The van der Waals surface area contributed by atoms with Crippen LogP contribution >= 0.6 is 0 Å². The number of nitrogens with zero attached hydrogens (tertiary/aromatic N) is 2. The van der Waals surface area contributed by atoms with E-state index in [0.717, 1.165) is 5.57 Å². The highest BCUT2D eigenvalue weighted by Gasteiger charge is 2.61. The van der Waals surface area contributed by atoms with Crippen LogP contribution in [0.5, 0.6) is 5.75 Å². The van der Waals surface area contributed by atoms with Crippen LogP contribution in [0, 0.1) is 29.6 Å². The zero-order valence-corrected chi connectivity index (χ0v) is 16.2. The van der Waals surface area contributed by atoms with Crippen molar-refractivity contribution in [1.82, 2.24) is 9.80 Å².